The van der Waals surface area contributed by atoms with Gasteiger partial charge >= 0.3 is 0 Å². The van der Waals surface area contributed by atoms with Gasteiger partial charge in [-0.05, 0) is 37.7 Å². The highest BCUT2D eigenvalue weighted by Crippen LogP contribution is 2.42. The quantitative estimate of drug-likeness (QED) is 0.814. The minimum atomic E-state index is -0.138. The number of rotatable bonds is 4. The molecule has 2 rings (SSSR count). The van der Waals surface area contributed by atoms with Crippen LogP contribution in [-0.2, 0) is 13.0 Å². The van der Waals surface area contributed by atoms with Crippen LogP contribution < -0.4 is 0 Å². The highest BCUT2D eigenvalue weighted by molar-refractivity contribution is 5.14. The molecule has 0 amide bonds. The van der Waals surface area contributed by atoms with E-state index >= 15 is 0 Å². The van der Waals surface area contributed by atoms with Crippen molar-refractivity contribution in [1.82, 2.24) is 9.78 Å². The van der Waals surface area contributed by atoms with E-state index in [1.807, 2.05) is 10.9 Å². The molecule has 98 valence electrons. The Bertz CT molecular complexity index is 429. The van der Waals surface area contributed by atoms with Crippen LogP contribution in [0.15, 0.2) is 12.4 Å². The molecule has 2 atom stereocenters. The van der Waals surface area contributed by atoms with Crippen LogP contribution in [-0.4, -0.2) is 9.78 Å². The summed E-state index contributed by atoms with van der Waals surface area (Å²) in [6.07, 6.45) is 10.7. The molecule has 0 saturated heterocycles. The normalized spacial score (nSPS) is 27.9. The molecule has 3 nitrogen and oxygen atoms in total. The van der Waals surface area contributed by atoms with E-state index in [2.05, 4.69) is 31.2 Å². The molecule has 0 aliphatic heterocycles. The lowest BCUT2D eigenvalue weighted by atomic mass is 9.67. The summed E-state index contributed by atoms with van der Waals surface area (Å²) in [5, 5.41) is 13.9. The Balaban J connectivity index is 2.10. The first-order valence-electron chi connectivity index (χ1n) is 7.14. The topological polar surface area (TPSA) is 41.6 Å². The molecular weight excluding hydrogens is 222 g/mol. The highest BCUT2D eigenvalue weighted by Gasteiger charge is 2.36. The Morgan fingerprint density at radius 3 is 3.00 bits per heavy atom. The van der Waals surface area contributed by atoms with Gasteiger partial charge in [0, 0.05) is 12.7 Å². The molecule has 1 heterocycles. The van der Waals surface area contributed by atoms with Crippen molar-refractivity contribution in [3.63, 3.8) is 0 Å². The molecule has 0 aromatic carbocycles. The largest absolute Gasteiger partial charge is 0.273 e. The summed E-state index contributed by atoms with van der Waals surface area (Å²) in [6, 6.07) is 2.62. The molecule has 1 aromatic rings. The molecule has 0 N–H and O–H groups in total. The van der Waals surface area contributed by atoms with Crippen LogP contribution in [0.4, 0.5) is 0 Å². The fourth-order valence-corrected chi connectivity index (χ4v) is 3.20. The number of aromatic nitrogens is 2. The van der Waals surface area contributed by atoms with E-state index in [0.717, 1.165) is 31.7 Å². The summed E-state index contributed by atoms with van der Waals surface area (Å²) in [7, 11) is 0. The summed E-state index contributed by atoms with van der Waals surface area (Å²) < 4.78 is 1.94. The van der Waals surface area contributed by atoms with E-state index in [9.17, 15) is 5.26 Å². The number of hydrogen-bond donors (Lipinski definition) is 0. The SMILES string of the molecule is CCC1CCCC(C#N)(Cc2cnn(CC)c2)C1. The van der Waals surface area contributed by atoms with Crippen molar-refractivity contribution in [2.45, 2.75) is 58.9 Å². The lowest BCUT2D eigenvalue weighted by molar-refractivity contribution is 0.194. The minimum Gasteiger partial charge on any atom is -0.273 e. The smallest absolute Gasteiger partial charge is 0.0693 e. The molecule has 1 aliphatic carbocycles. The number of nitriles is 1. The second-order valence-corrected chi connectivity index (χ2v) is 5.64. The van der Waals surface area contributed by atoms with Crippen LogP contribution >= 0.6 is 0 Å². The molecule has 1 fully saturated rings. The third-order valence-corrected chi connectivity index (χ3v) is 4.31. The van der Waals surface area contributed by atoms with Gasteiger partial charge in [-0.1, -0.05) is 26.2 Å². The van der Waals surface area contributed by atoms with Gasteiger partial charge < -0.3 is 0 Å². The molecule has 18 heavy (non-hydrogen) atoms. The Morgan fingerprint density at radius 1 is 1.56 bits per heavy atom. The van der Waals surface area contributed by atoms with Gasteiger partial charge in [0.1, 0.15) is 0 Å². The van der Waals surface area contributed by atoms with Gasteiger partial charge in [0.05, 0.1) is 17.7 Å². The molecular formula is C15H23N3. The summed E-state index contributed by atoms with van der Waals surface area (Å²) in [5.74, 6) is 0.736. The Labute approximate surface area is 110 Å². The lowest BCUT2D eigenvalue weighted by Crippen LogP contribution is -2.29. The van der Waals surface area contributed by atoms with Gasteiger partial charge in [0.2, 0.25) is 0 Å². The molecule has 0 radical (unpaired) electrons. The van der Waals surface area contributed by atoms with E-state index < -0.39 is 0 Å². The fourth-order valence-electron chi connectivity index (χ4n) is 3.20. The first kappa shape index (κ1) is 13.1. The number of hydrogen-bond acceptors (Lipinski definition) is 2. The summed E-state index contributed by atoms with van der Waals surface area (Å²) in [5.41, 5.74) is 1.08. The van der Waals surface area contributed by atoms with Gasteiger partial charge in [0.15, 0.2) is 0 Å². The van der Waals surface area contributed by atoms with Crippen LogP contribution in [0.3, 0.4) is 0 Å². The van der Waals surface area contributed by atoms with Crippen LogP contribution in [0.1, 0.15) is 51.5 Å². The molecule has 2 unspecified atom stereocenters. The van der Waals surface area contributed by atoms with Gasteiger partial charge in [-0.2, -0.15) is 10.4 Å². The Hall–Kier alpha value is -1.30. The van der Waals surface area contributed by atoms with Crippen molar-refractivity contribution in [2.24, 2.45) is 11.3 Å². The van der Waals surface area contributed by atoms with Crippen molar-refractivity contribution in [3.05, 3.63) is 18.0 Å². The fraction of sp³-hybridized carbons (Fsp3) is 0.733. The standard InChI is InChI=1S/C15H23N3/c1-3-13-6-5-7-15(8-13,12-16)9-14-10-17-18(4-2)11-14/h10-11,13H,3-9H2,1-2H3. The van der Waals surface area contributed by atoms with E-state index in [-0.39, 0.29) is 5.41 Å². The zero-order chi connectivity index (χ0) is 13.0. The zero-order valence-electron chi connectivity index (χ0n) is 11.5. The van der Waals surface area contributed by atoms with Crippen molar-refractivity contribution in [2.75, 3.05) is 0 Å². The molecule has 0 bridgehead atoms. The van der Waals surface area contributed by atoms with Crippen molar-refractivity contribution < 1.29 is 0 Å². The first-order valence-corrected chi connectivity index (χ1v) is 7.14. The number of nitrogens with zero attached hydrogens (tertiary/aromatic N) is 3. The maximum atomic E-state index is 9.60. The van der Waals surface area contributed by atoms with Crippen LogP contribution in [0, 0.1) is 22.7 Å². The molecule has 1 aliphatic rings. The summed E-state index contributed by atoms with van der Waals surface area (Å²) in [4.78, 5) is 0. The van der Waals surface area contributed by atoms with Crippen LogP contribution in [0.25, 0.3) is 0 Å². The monoisotopic (exact) mass is 245 g/mol. The third kappa shape index (κ3) is 2.75. The van der Waals surface area contributed by atoms with E-state index in [1.54, 1.807) is 0 Å². The van der Waals surface area contributed by atoms with E-state index in [0.29, 0.717) is 0 Å². The third-order valence-electron chi connectivity index (χ3n) is 4.31. The number of aryl methyl sites for hydroxylation is 1. The van der Waals surface area contributed by atoms with Gasteiger partial charge in [0.25, 0.3) is 0 Å². The first-order chi connectivity index (χ1) is 8.71. The molecule has 1 aromatic heterocycles. The zero-order valence-corrected chi connectivity index (χ0v) is 11.5. The second-order valence-electron chi connectivity index (χ2n) is 5.64. The maximum Gasteiger partial charge on any atom is 0.0693 e. The highest BCUT2D eigenvalue weighted by atomic mass is 15.3. The Kier molecular flexibility index (Phi) is 4.06. The van der Waals surface area contributed by atoms with Crippen molar-refractivity contribution in [1.29, 1.82) is 5.26 Å². The minimum absolute atomic E-state index is 0.138. The molecule has 1 saturated carbocycles. The van der Waals surface area contributed by atoms with Gasteiger partial charge in [-0.15, -0.1) is 0 Å². The lowest BCUT2D eigenvalue weighted by Gasteiger charge is -2.35. The van der Waals surface area contributed by atoms with E-state index in [1.165, 1.54) is 24.8 Å². The summed E-state index contributed by atoms with van der Waals surface area (Å²) in [6.45, 7) is 5.23. The Morgan fingerprint density at radius 2 is 2.39 bits per heavy atom. The van der Waals surface area contributed by atoms with Crippen molar-refractivity contribution >= 4 is 0 Å². The van der Waals surface area contributed by atoms with E-state index in [4.69, 9.17) is 0 Å². The van der Waals surface area contributed by atoms with Gasteiger partial charge in [-0.3, -0.25) is 4.68 Å². The molecule has 0 spiro atoms. The van der Waals surface area contributed by atoms with Crippen molar-refractivity contribution in [3.8, 4) is 6.07 Å². The predicted molar refractivity (Wildman–Crippen MR) is 71.9 cm³/mol. The van der Waals surface area contributed by atoms with Gasteiger partial charge in [-0.25, -0.2) is 0 Å². The average molecular weight is 245 g/mol. The molecule has 3 heteroatoms. The van der Waals surface area contributed by atoms with Crippen LogP contribution in [0.5, 0.6) is 0 Å². The predicted octanol–water partition coefficient (Wildman–Crippen LogP) is 3.56. The van der Waals surface area contributed by atoms with Crippen LogP contribution in [0.2, 0.25) is 0 Å². The summed E-state index contributed by atoms with van der Waals surface area (Å²) >= 11 is 0. The average Bonchev–Trinajstić information content (AvgIpc) is 2.86. The second kappa shape index (κ2) is 5.56. The maximum absolute atomic E-state index is 9.60.